The van der Waals surface area contributed by atoms with Gasteiger partial charge in [-0.05, 0) is 80.2 Å². The number of carbonyl (C=O) groups excluding carboxylic acids is 1. The van der Waals surface area contributed by atoms with Crippen molar-refractivity contribution in [3.63, 3.8) is 0 Å². The van der Waals surface area contributed by atoms with Crippen LogP contribution in [-0.4, -0.2) is 13.1 Å². The largest absolute Gasteiger partial charge is 0.469 e. The lowest BCUT2D eigenvalue weighted by Gasteiger charge is -2.21. The highest BCUT2D eigenvalue weighted by atomic mass is 16.5. The second-order valence-electron chi connectivity index (χ2n) is 6.44. The maximum atomic E-state index is 11.5. The molecule has 1 aromatic rings. The number of methoxy groups -OCH3 is 1. The molecule has 1 aliphatic carbocycles. The first kappa shape index (κ1) is 15.1. The van der Waals surface area contributed by atoms with Crippen molar-refractivity contribution < 1.29 is 9.53 Å². The third kappa shape index (κ3) is 2.74. The van der Waals surface area contributed by atoms with Gasteiger partial charge in [-0.3, -0.25) is 4.79 Å². The van der Waals surface area contributed by atoms with Gasteiger partial charge >= 0.3 is 5.97 Å². The Kier molecular flexibility index (Phi) is 4.22. The molecule has 3 unspecified atom stereocenters. The van der Waals surface area contributed by atoms with E-state index in [2.05, 4.69) is 40.7 Å². The highest BCUT2D eigenvalue weighted by Crippen LogP contribution is 2.46. The van der Waals surface area contributed by atoms with Gasteiger partial charge in [0.25, 0.3) is 0 Å². The molecule has 0 N–H and O–H groups in total. The number of aryl methyl sites for hydroxylation is 2. The van der Waals surface area contributed by atoms with Crippen LogP contribution in [0.4, 0.5) is 0 Å². The zero-order valence-electron chi connectivity index (χ0n) is 13.5. The molecule has 0 amide bonds. The number of hydrogen-bond acceptors (Lipinski definition) is 2. The van der Waals surface area contributed by atoms with E-state index in [1.807, 2.05) is 0 Å². The lowest BCUT2D eigenvalue weighted by atomic mass is 9.84. The van der Waals surface area contributed by atoms with Crippen molar-refractivity contribution in [2.45, 2.75) is 53.4 Å². The third-order valence-corrected chi connectivity index (χ3v) is 5.00. The van der Waals surface area contributed by atoms with Crippen molar-refractivity contribution in [1.82, 2.24) is 0 Å². The highest BCUT2D eigenvalue weighted by Gasteiger charge is 2.44. The van der Waals surface area contributed by atoms with Gasteiger partial charge < -0.3 is 4.74 Å². The molecule has 2 nitrogen and oxygen atoms in total. The van der Waals surface area contributed by atoms with Crippen LogP contribution in [-0.2, 0) is 9.53 Å². The highest BCUT2D eigenvalue weighted by molar-refractivity contribution is 5.75. The quantitative estimate of drug-likeness (QED) is 0.768. The van der Waals surface area contributed by atoms with Gasteiger partial charge in [-0.2, -0.15) is 0 Å². The number of ether oxygens (including phenoxy) is 1. The van der Waals surface area contributed by atoms with Crippen LogP contribution in [0.5, 0.6) is 0 Å². The van der Waals surface area contributed by atoms with E-state index in [1.165, 1.54) is 34.9 Å². The predicted molar refractivity (Wildman–Crippen MR) is 82.0 cm³/mol. The van der Waals surface area contributed by atoms with Crippen molar-refractivity contribution >= 4 is 5.97 Å². The van der Waals surface area contributed by atoms with Gasteiger partial charge in [0.1, 0.15) is 0 Å². The Morgan fingerprint density at radius 1 is 1.25 bits per heavy atom. The van der Waals surface area contributed by atoms with Crippen molar-refractivity contribution in [3.8, 4) is 0 Å². The SMILES string of the molecule is COC(=O)C1CC1CC(C)c1c(C)c(C)cc(C)c1C. The molecule has 0 saturated heterocycles. The molecule has 3 atom stereocenters. The predicted octanol–water partition coefficient (Wildman–Crippen LogP) is 4.22. The average Bonchev–Trinajstić information content (AvgIpc) is 3.15. The minimum absolute atomic E-state index is 0.0314. The molecule has 0 bridgehead atoms. The van der Waals surface area contributed by atoms with E-state index in [9.17, 15) is 4.79 Å². The summed E-state index contributed by atoms with van der Waals surface area (Å²) in [6.45, 7) is 11.1. The Labute approximate surface area is 122 Å². The van der Waals surface area contributed by atoms with Crippen LogP contribution >= 0.6 is 0 Å². The minimum Gasteiger partial charge on any atom is -0.469 e. The minimum atomic E-state index is -0.0314. The van der Waals surface area contributed by atoms with Crippen molar-refractivity contribution in [2.24, 2.45) is 11.8 Å². The first-order chi connectivity index (χ1) is 9.36. The molecular weight excluding hydrogens is 248 g/mol. The van der Waals surface area contributed by atoms with Gasteiger partial charge in [0.15, 0.2) is 0 Å². The van der Waals surface area contributed by atoms with E-state index in [4.69, 9.17) is 4.74 Å². The average molecular weight is 274 g/mol. The molecule has 1 fully saturated rings. The molecule has 2 heteroatoms. The zero-order chi connectivity index (χ0) is 15.0. The molecule has 0 aliphatic heterocycles. The second-order valence-corrected chi connectivity index (χ2v) is 6.44. The summed E-state index contributed by atoms with van der Waals surface area (Å²) in [7, 11) is 1.49. The molecule has 110 valence electrons. The normalized spacial score (nSPS) is 22.5. The van der Waals surface area contributed by atoms with Crippen LogP contribution in [0.3, 0.4) is 0 Å². The van der Waals surface area contributed by atoms with E-state index in [0.29, 0.717) is 11.8 Å². The molecule has 0 spiro atoms. The smallest absolute Gasteiger partial charge is 0.308 e. The molecule has 1 aromatic carbocycles. The Hall–Kier alpha value is -1.31. The summed E-state index contributed by atoms with van der Waals surface area (Å²) in [6, 6.07) is 2.27. The molecule has 20 heavy (non-hydrogen) atoms. The van der Waals surface area contributed by atoms with Crippen molar-refractivity contribution in [3.05, 3.63) is 33.9 Å². The fourth-order valence-corrected chi connectivity index (χ4v) is 3.51. The van der Waals surface area contributed by atoms with Crippen LogP contribution in [0.15, 0.2) is 6.07 Å². The van der Waals surface area contributed by atoms with Gasteiger partial charge in [-0.15, -0.1) is 0 Å². The van der Waals surface area contributed by atoms with Crippen molar-refractivity contribution in [1.29, 1.82) is 0 Å². The first-order valence-electron chi connectivity index (χ1n) is 7.51. The van der Waals surface area contributed by atoms with Gasteiger partial charge in [0.05, 0.1) is 13.0 Å². The van der Waals surface area contributed by atoms with Crippen LogP contribution in [0.2, 0.25) is 0 Å². The van der Waals surface area contributed by atoms with Crippen LogP contribution in [0, 0.1) is 39.5 Å². The molecule has 2 rings (SSSR count). The summed E-state index contributed by atoms with van der Waals surface area (Å²) in [5, 5.41) is 0. The first-order valence-corrected chi connectivity index (χ1v) is 7.51. The fraction of sp³-hybridized carbons (Fsp3) is 0.611. The summed E-state index contributed by atoms with van der Waals surface area (Å²) >= 11 is 0. The van der Waals surface area contributed by atoms with Crippen molar-refractivity contribution in [2.75, 3.05) is 7.11 Å². The van der Waals surface area contributed by atoms with E-state index in [1.54, 1.807) is 0 Å². The number of hydrogen-bond donors (Lipinski definition) is 0. The van der Waals surface area contributed by atoms with E-state index in [-0.39, 0.29) is 11.9 Å². The fourth-order valence-electron chi connectivity index (χ4n) is 3.51. The summed E-state index contributed by atoms with van der Waals surface area (Å²) in [5.74, 6) is 1.13. The Morgan fingerprint density at radius 3 is 2.30 bits per heavy atom. The van der Waals surface area contributed by atoms with E-state index in [0.717, 1.165) is 12.8 Å². The summed E-state index contributed by atoms with van der Waals surface area (Å²) in [5.41, 5.74) is 7.05. The Balaban J connectivity index is 2.15. The van der Waals surface area contributed by atoms with E-state index < -0.39 is 0 Å². The molecule has 1 aliphatic rings. The standard InChI is InChI=1S/C18H26O2/c1-10-7-11(2)14(5)17(13(10)4)12(3)8-15-9-16(15)18(19)20-6/h7,12,15-16H,8-9H2,1-6H3. The monoisotopic (exact) mass is 274 g/mol. The Morgan fingerprint density at radius 2 is 1.80 bits per heavy atom. The lowest BCUT2D eigenvalue weighted by molar-refractivity contribution is -0.142. The van der Waals surface area contributed by atoms with Gasteiger partial charge in [0.2, 0.25) is 0 Å². The van der Waals surface area contributed by atoms with Gasteiger partial charge in [-0.1, -0.05) is 13.0 Å². The van der Waals surface area contributed by atoms with Crippen LogP contribution < -0.4 is 0 Å². The van der Waals surface area contributed by atoms with Crippen LogP contribution in [0.1, 0.15) is 53.5 Å². The summed E-state index contributed by atoms with van der Waals surface area (Å²) in [6.07, 6.45) is 2.09. The number of benzene rings is 1. The molecule has 1 saturated carbocycles. The molecule has 0 radical (unpaired) electrons. The van der Waals surface area contributed by atoms with Crippen LogP contribution in [0.25, 0.3) is 0 Å². The molecular formula is C18H26O2. The Bertz CT molecular complexity index is 504. The number of esters is 1. The number of carbonyl (C=O) groups is 1. The maximum Gasteiger partial charge on any atom is 0.308 e. The molecule has 0 heterocycles. The second kappa shape index (κ2) is 5.59. The number of rotatable bonds is 4. The maximum absolute atomic E-state index is 11.5. The lowest BCUT2D eigenvalue weighted by Crippen LogP contribution is -2.08. The summed E-state index contributed by atoms with van der Waals surface area (Å²) < 4.78 is 4.84. The van der Waals surface area contributed by atoms with Gasteiger partial charge in [0, 0.05) is 0 Å². The summed E-state index contributed by atoms with van der Waals surface area (Å²) in [4.78, 5) is 11.5. The van der Waals surface area contributed by atoms with E-state index >= 15 is 0 Å². The zero-order valence-corrected chi connectivity index (χ0v) is 13.5. The topological polar surface area (TPSA) is 26.3 Å². The molecule has 0 aromatic heterocycles. The van der Waals surface area contributed by atoms with Gasteiger partial charge in [-0.25, -0.2) is 0 Å². The third-order valence-electron chi connectivity index (χ3n) is 5.00.